The van der Waals surface area contributed by atoms with Crippen LogP contribution in [0.2, 0.25) is 5.02 Å². The summed E-state index contributed by atoms with van der Waals surface area (Å²) in [5.41, 5.74) is 1.24. The van der Waals surface area contributed by atoms with Gasteiger partial charge >= 0.3 is 0 Å². The minimum Gasteiger partial charge on any atom is -0.369 e. The number of halogens is 1. The Bertz CT molecular complexity index is 608. The van der Waals surface area contributed by atoms with Gasteiger partial charge < -0.3 is 10.2 Å². The summed E-state index contributed by atoms with van der Waals surface area (Å²) >= 11 is 5.94. The number of piperazine rings is 1. The van der Waals surface area contributed by atoms with Crippen molar-refractivity contribution in [2.75, 3.05) is 43.1 Å². The molecule has 2 heterocycles. The van der Waals surface area contributed by atoms with E-state index in [0.717, 1.165) is 49.5 Å². The first kappa shape index (κ1) is 15.1. The lowest BCUT2D eigenvalue weighted by atomic mass is 10.2. The second-order valence-electron chi connectivity index (χ2n) is 5.41. The quantitative estimate of drug-likeness (QED) is 0.939. The Morgan fingerprint density at radius 3 is 2.50 bits per heavy atom. The lowest BCUT2D eigenvalue weighted by molar-refractivity contribution is 0.275. The molecule has 0 aliphatic carbocycles. The molecule has 1 aliphatic heterocycles. The molecule has 5 nitrogen and oxygen atoms in total. The average Bonchev–Trinajstić information content (AvgIpc) is 2.54. The molecule has 2 aromatic rings. The van der Waals surface area contributed by atoms with Crippen molar-refractivity contribution in [1.29, 1.82) is 0 Å². The SMILES string of the molecule is Cc1nccc(NCN2CCN(c3ccc(Cl)cc3)CC2)n1. The van der Waals surface area contributed by atoms with Crippen LogP contribution >= 0.6 is 11.6 Å². The lowest BCUT2D eigenvalue weighted by Gasteiger charge is -2.36. The highest BCUT2D eigenvalue weighted by molar-refractivity contribution is 6.30. The molecule has 0 spiro atoms. The van der Waals surface area contributed by atoms with Crippen LogP contribution in [0, 0.1) is 6.92 Å². The molecular formula is C16H20ClN5. The van der Waals surface area contributed by atoms with Crippen molar-refractivity contribution in [2.24, 2.45) is 0 Å². The van der Waals surface area contributed by atoms with Gasteiger partial charge in [-0.15, -0.1) is 0 Å². The molecule has 1 fully saturated rings. The van der Waals surface area contributed by atoms with Crippen LogP contribution in [0.1, 0.15) is 5.82 Å². The summed E-state index contributed by atoms with van der Waals surface area (Å²) in [6.45, 7) is 6.80. The molecule has 1 saturated heterocycles. The molecule has 0 atom stereocenters. The number of anilines is 2. The van der Waals surface area contributed by atoms with E-state index in [-0.39, 0.29) is 0 Å². The number of aromatic nitrogens is 2. The van der Waals surface area contributed by atoms with Crippen molar-refractivity contribution in [3.05, 3.63) is 47.4 Å². The molecule has 0 unspecified atom stereocenters. The maximum atomic E-state index is 5.94. The lowest BCUT2D eigenvalue weighted by Crippen LogP contribution is -2.48. The Balaban J connectivity index is 1.48. The second-order valence-corrected chi connectivity index (χ2v) is 5.84. The van der Waals surface area contributed by atoms with Gasteiger partial charge in [-0.2, -0.15) is 0 Å². The van der Waals surface area contributed by atoms with Crippen molar-refractivity contribution in [1.82, 2.24) is 14.9 Å². The molecule has 1 aromatic carbocycles. The van der Waals surface area contributed by atoms with E-state index in [1.54, 1.807) is 6.20 Å². The molecular weight excluding hydrogens is 298 g/mol. The highest BCUT2D eigenvalue weighted by atomic mass is 35.5. The van der Waals surface area contributed by atoms with Crippen molar-refractivity contribution < 1.29 is 0 Å². The first-order valence-corrected chi connectivity index (χ1v) is 7.85. The molecule has 1 aromatic heterocycles. The molecule has 0 saturated carbocycles. The minimum atomic E-state index is 0.784. The third-order valence-corrected chi connectivity index (χ3v) is 4.08. The molecule has 6 heteroatoms. The normalized spacial score (nSPS) is 15.8. The summed E-state index contributed by atoms with van der Waals surface area (Å²) in [6, 6.07) is 9.96. The molecule has 116 valence electrons. The van der Waals surface area contributed by atoms with Gasteiger partial charge in [0.15, 0.2) is 0 Å². The van der Waals surface area contributed by atoms with E-state index < -0.39 is 0 Å². The van der Waals surface area contributed by atoms with Crippen molar-refractivity contribution in [2.45, 2.75) is 6.92 Å². The summed E-state index contributed by atoms with van der Waals surface area (Å²) in [6.07, 6.45) is 1.78. The standard InChI is InChI=1S/C16H20ClN5/c1-13-18-7-6-16(20-13)19-12-21-8-10-22(11-9-21)15-4-2-14(17)3-5-15/h2-7H,8-12H2,1H3,(H,18,19,20). The summed E-state index contributed by atoms with van der Waals surface area (Å²) in [5, 5.41) is 4.14. The molecule has 22 heavy (non-hydrogen) atoms. The monoisotopic (exact) mass is 317 g/mol. The Morgan fingerprint density at radius 2 is 1.82 bits per heavy atom. The Kier molecular flexibility index (Phi) is 4.75. The van der Waals surface area contributed by atoms with Gasteiger partial charge in [0, 0.05) is 43.1 Å². The van der Waals surface area contributed by atoms with Gasteiger partial charge in [-0.1, -0.05) is 11.6 Å². The Hall–Kier alpha value is -1.85. The Labute approximate surface area is 135 Å². The molecule has 0 radical (unpaired) electrons. The maximum absolute atomic E-state index is 5.94. The summed E-state index contributed by atoms with van der Waals surface area (Å²) < 4.78 is 0. The molecule has 0 bridgehead atoms. The van der Waals surface area contributed by atoms with E-state index in [1.807, 2.05) is 25.1 Å². The summed E-state index contributed by atoms with van der Waals surface area (Å²) in [7, 11) is 0. The second kappa shape index (κ2) is 6.94. The number of nitrogens with one attached hydrogen (secondary N) is 1. The van der Waals surface area contributed by atoms with Gasteiger partial charge in [-0.25, -0.2) is 9.97 Å². The fourth-order valence-electron chi connectivity index (χ4n) is 2.56. The van der Waals surface area contributed by atoms with Gasteiger partial charge in [0.1, 0.15) is 11.6 Å². The van der Waals surface area contributed by atoms with Crippen molar-refractivity contribution >= 4 is 23.1 Å². The fourth-order valence-corrected chi connectivity index (χ4v) is 2.69. The number of hydrogen-bond acceptors (Lipinski definition) is 5. The topological polar surface area (TPSA) is 44.3 Å². The average molecular weight is 318 g/mol. The van der Waals surface area contributed by atoms with Crippen LogP contribution in [0.25, 0.3) is 0 Å². The first-order valence-electron chi connectivity index (χ1n) is 7.47. The Morgan fingerprint density at radius 1 is 1.09 bits per heavy atom. The van der Waals surface area contributed by atoms with Crippen LogP contribution in [0.3, 0.4) is 0 Å². The van der Waals surface area contributed by atoms with Gasteiger partial charge in [-0.05, 0) is 37.3 Å². The zero-order chi connectivity index (χ0) is 15.4. The van der Waals surface area contributed by atoms with Crippen molar-refractivity contribution in [3.8, 4) is 0 Å². The van der Waals surface area contributed by atoms with E-state index in [9.17, 15) is 0 Å². The van der Waals surface area contributed by atoms with Crippen LogP contribution in [-0.4, -0.2) is 47.7 Å². The van der Waals surface area contributed by atoms with Crippen LogP contribution < -0.4 is 10.2 Å². The largest absolute Gasteiger partial charge is 0.369 e. The molecule has 1 N–H and O–H groups in total. The van der Waals surface area contributed by atoms with E-state index in [0.29, 0.717) is 0 Å². The third kappa shape index (κ3) is 3.87. The summed E-state index contributed by atoms with van der Waals surface area (Å²) in [5.74, 6) is 1.67. The smallest absolute Gasteiger partial charge is 0.130 e. The van der Waals surface area contributed by atoms with E-state index in [2.05, 4.69) is 37.2 Å². The predicted octanol–water partition coefficient (Wildman–Crippen LogP) is 2.63. The van der Waals surface area contributed by atoms with E-state index >= 15 is 0 Å². The van der Waals surface area contributed by atoms with Crippen molar-refractivity contribution in [3.63, 3.8) is 0 Å². The molecule has 3 rings (SSSR count). The zero-order valence-electron chi connectivity index (χ0n) is 12.7. The van der Waals surface area contributed by atoms with Crippen LogP contribution in [0.4, 0.5) is 11.5 Å². The predicted molar refractivity (Wildman–Crippen MR) is 90.5 cm³/mol. The molecule has 1 aliphatic rings. The highest BCUT2D eigenvalue weighted by Crippen LogP contribution is 2.19. The van der Waals surface area contributed by atoms with Crippen LogP contribution in [0.5, 0.6) is 0 Å². The van der Waals surface area contributed by atoms with Gasteiger partial charge in [0.2, 0.25) is 0 Å². The van der Waals surface area contributed by atoms with Crippen LogP contribution in [0.15, 0.2) is 36.5 Å². The first-order chi connectivity index (χ1) is 10.7. The van der Waals surface area contributed by atoms with E-state index in [4.69, 9.17) is 11.6 Å². The van der Waals surface area contributed by atoms with Gasteiger partial charge in [0.25, 0.3) is 0 Å². The number of hydrogen-bond donors (Lipinski definition) is 1. The number of aryl methyl sites for hydroxylation is 1. The zero-order valence-corrected chi connectivity index (χ0v) is 13.4. The summed E-state index contributed by atoms with van der Waals surface area (Å²) in [4.78, 5) is 13.2. The minimum absolute atomic E-state index is 0.784. The fraction of sp³-hybridized carbons (Fsp3) is 0.375. The van der Waals surface area contributed by atoms with Crippen LogP contribution in [-0.2, 0) is 0 Å². The van der Waals surface area contributed by atoms with Gasteiger partial charge in [-0.3, -0.25) is 4.90 Å². The molecule has 0 amide bonds. The van der Waals surface area contributed by atoms with E-state index in [1.165, 1.54) is 5.69 Å². The van der Waals surface area contributed by atoms with Gasteiger partial charge in [0.05, 0.1) is 6.67 Å². The number of benzene rings is 1. The highest BCUT2D eigenvalue weighted by Gasteiger charge is 2.16. The maximum Gasteiger partial charge on any atom is 0.130 e. The number of nitrogens with zero attached hydrogens (tertiary/aromatic N) is 4. The third-order valence-electron chi connectivity index (χ3n) is 3.82. The number of rotatable bonds is 4.